The molecule has 0 bridgehead atoms. The van der Waals surface area contributed by atoms with Crippen molar-refractivity contribution in [3.63, 3.8) is 0 Å². The van der Waals surface area contributed by atoms with E-state index < -0.39 is 0 Å². The summed E-state index contributed by atoms with van der Waals surface area (Å²) >= 11 is 1.40. The van der Waals surface area contributed by atoms with Crippen LogP contribution in [0.5, 0.6) is 0 Å². The molecule has 102 valence electrons. The van der Waals surface area contributed by atoms with Crippen LogP contribution in [0.1, 0.15) is 47.8 Å². The second kappa shape index (κ2) is 6.74. The van der Waals surface area contributed by atoms with Gasteiger partial charge in [-0.05, 0) is 37.1 Å². The Kier molecular flexibility index (Phi) is 5.00. The number of rotatable bonds is 3. The topological polar surface area (TPSA) is 49.3 Å². The van der Waals surface area contributed by atoms with Crippen molar-refractivity contribution in [2.45, 2.75) is 38.6 Å². The van der Waals surface area contributed by atoms with Crippen LogP contribution in [0.3, 0.4) is 0 Å². The van der Waals surface area contributed by atoms with Crippen molar-refractivity contribution >= 4 is 17.2 Å². The van der Waals surface area contributed by atoms with Crippen molar-refractivity contribution in [2.75, 3.05) is 6.61 Å². The fraction of sp³-hybridized carbons (Fsp3) is 0.533. The average Bonchev–Trinajstić information content (AvgIpc) is 3.07. The van der Waals surface area contributed by atoms with Gasteiger partial charge in [-0.15, -0.1) is 11.3 Å². The van der Waals surface area contributed by atoms with E-state index in [1.807, 2.05) is 11.4 Å². The molecule has 1 fully saturated rings. The maximum Gasteiger partial charge on any atom is 0.262 e. The lowest BCUT2D eigenvalue weighted by Gasteiger charge is -2.20. The lowest BCUT2D eigenvalue weighted by molar-refractivity contribution is 0.0931. The van der Waals surface area contributed by atoms with E-state index in [9.17, 15) is 4.79 Å². The van der Waals surface area contributed by atoms with E-state index in [1.165, 1.54) is 37.0 Å². The number of aliphatic hydroxyl groups excluding tert-OH is 1. The van der Waals surface area contributed by atoms with Crippen molar-refractivity contribution in [2.24, 2.45) is 5.92 Å². The number of thiophene rings is 1. The van der Waals surface area contributed by atoms with Gasteiger partial charge in [-0.2, -0.15) is 0 Å². The predicted octanol–water partition coefficient (Wildman–Crippen LogP) is 2.40. The molecule has 1 aliphatic carbocycles. The third-order valence-electron chi connectivity index (χ3n) is 3.64. The highest BCUT2D eigenvalue weighted by Crippen LogP contribution is 2.28. The van der Waals surface area contributed by atoms with Crippen LogP contribution in [0.25, 0.3) is 0 Å². The molecular weight excluding hydrogens is 258 g/mol. The first-order chi connectivity index (χ1) is 9.22. The second-order valence-electron chi connectivity index (χ2n) is 4.93. The molecule has 1 aliphatic rings. The molecule has 1 heterocycles. The van der Waals surface area contributed by atoms with Crippen molar-refractivity contribution in [3.8, 4) is 11.8 Å². The Morgan fingerprint density at radius 1 is 1.58 bits per heavy atom. The summed E-state index contributed by atoms with van der Waals surface area (Å²) in [6.07, 6.45) is 4.97. The van der Waals surface area contributed by atoms with Gasteiger partial charge in [-0.25, -0.2) is 0 Å². The summed E-state index contributed by atoms with van der Waals surface area (Å²) < 4.78 is 0. The van der Waals surface area contributed by atoms with Crippen molar-refractivity contribution in [3.05, 3.63) is 21.9 Å². The monoisotopic (exact) mass is 277 g/mol. The Labute approximate surface area is 118 Å². The van der Waals surface area contributed by atoms with Crippen LogP contribution < -0.4 is 5.32 Å². The molecule has 1 atom stereocenters. The summed E-state index contributed by atoms with van der Waals surface area (Å²) in [7, 11) is 0. The zero-order chi connectivity index (χ0) is 13.7. The molecule has 2 N–H and O–H groups in total. The number of carbonyl (C=O) groups is 1. The van der Waals surface area contributed by atoms with Gasteiger partial charge < -0.3 is 10.4 Å². The Bertz CT molecular complexity index is 492. The van der Waals surface area contributed by atoms with Crippen LogP contribution in [-0.2, 0) is 0 Å². The number of amides is 1. The molecule has 0 radical (unpaired) electrons. The first-order valence-electron chi connectivity index (χ1n) is 6.70. The van der Waals surface area contributed by atoms with Crippen molar-refractivity contribution in [1.82, 2.24) is 5.32 Å². The molecule has 2 rings (SSSR count). The van der Waals surface area contributed by atoms with E-state index in [2.05, 4.69) is 24.1 Å². The molecule has 1 aromatic rings. The number of aliphatic hydroxyl groups is 1. The Morgan fingerprint density at radius 3 is 3.00 bits per heavy atom. The summed E-state index contributed by atoms with van der Waals surface area (Å²) in [5, 5.41) is 13.7. The molecule has 0 aromatic carbocycles. The van der Waals surface area contributed by atoms with Crippen LogP contribution in [0.2, 0.25) is 0 Å². The standard InChI is InChI=1S/C15H19NO2S/c1-11(12-5-2-3-6-12)16-15(18)14-13(7-4-9-17)8-10-19-14/h8,10-12,17H,2-3,5-6,9H2,1H3,(H,16,18). The fourth-order valence-electron chi connectivity index (χ4n) is 2.57. The molecule has 3 nitrogen and oxygen atoms in total. The number of carbonyl (C=O) groups excluding carboxylic acids is 1. The molecule has 0 saturated heterocycles. The summed E-state index contributed by atoms with van der Waals surface area (Å²) in [6, 6.07) is 2.04. The normalized spacial score (nSPS) is 16.7. The molecule has 19 heavy (non-hydrogen) atoms. The summed E-state index contributed by atoms with van der Waals surface area (Å²) in [6.45, 7) is 1.90. The first kappa shape index (κ1) is 14.1. The minimum atomic E-state index is -0.185. The van der Waals surface area contributed by atoms with Crippen LogP contribution in [0.15, 0.2) is 11.4 Å². The highest BCUT2D eigenvalue weighted by molar-refractivity contribution is 7.12. The number of nitrogens with one attached hydrogen (secondary N) is 1. The summed E-state index contributed by atoms with van der Waals surface area (Å²) in [5.74, 6) is 5.97. The second-order valence-corrected chi connectivity index (χ2v) is 5.85. The molecule has 1 amide bonds. The smallest absolute Gasteiger partial charge is 0.262 e. The van der Waals surface area contributed by atoms with Gasteiger partial charge in [0.1, 0.15) is 11.5 Å². The third kappa shape index (κ3) is 3.59. The Balaban J connectivity index is 2.01. The highest BCUT2D eigenvalue weighted by Gasteiger charge is 2.24. The van der Waals surface area contributed by atoms with E-state index in [4.69, 9.17) is 5.11 Å². The molecule has 0 spiro atoms. The summed E-state index contributed by atoms with van der Waals surface area (Å²) in [5.41, 5.74) is 0.704. The molecule has 4 heteroatoms. The minimum Gasteiger partial charge on any atom is -0.384 e. The van der Waals surface area contributed by atoms with Gasteiger partial charge in [0.25, 0.3) is 5.91 Å². The van der Waals surface area contributed by atoms with Crippen LogP contribution in [0.4, 0.5) is 0 Å². The van der Waals surface area contributed by atoms with Gasteiger partial charge in [-0.1, -0.05) is 24.7 Å². The largest absolute Gasteiger partial charge is 0.384 e. The molecule has 1 unspecified atom stereocenters. The van der Waals surface area contributed by atoms with E-state index >= 15 is 0 Å². The van der Waals surface area contributed by atoms with E-state index in [0.29, 0.717) is 16.4 Å². The van der Waals surface area contributed by atoms with Gasteiger partial charge in [0.2, 0.25) is 0 Å². The van der Waals surface area contributed by atoms with E-state index in [0.717, 1.165) is 0 Å². The quantitative estimate of drug-likeness (QED) is 0.834. The van der Waals surface area contributed by atoms with Gasteiger partial charge >= 0.3 is 0 Å². The maximum atomic E-state index is 12.2. The van der Waals surface area contributed by atoms with Crippen LogP contribution in [-0.4, -0.2) is 23.7 Å². The zero-order valence-electron chi connectivity index (χ0n) is 11.1. The van der Waals surface area contributed by atoms with Gasteiger partial charge in [0, 0.05) is 11.6 Å². The Hall–Kier alpha value is -1.31. The number of hydrogen-bond acceptors (Lipinski definition) is 3. The molecule has 0 aliphatic heterocycles. The third-order valence-corrected chi connectivity index (χ3v) is 4.55. The van der Waals surface area contributed by atoms with Gasteiger partial charge in [0.15, 0.2) is 0 Å². The minimum absolute atomic E-state index is 0.0448. The van der Waals surface area contributed by atoms with E-state index in [1.54, 1.807) is 0 Å². The number of hydrogen-bond donors (Lipinski definition) is 2. The average molecular weight is 277 g/mol. The maximum absolute atomic E-state index is 12.2. The lowest BCUT2D eigenvalue weighted by Crippen LogP contribution is -2.37. The first-order valence-corrected chi connectivity index (χ1v) is 7.58. The molecule has 1 aromatic heterocycles. The molecular formula is C15H19NO2S. The molecule has 1 saturated carbocycles. The van der Waals surface area contributed by atoms with Crippen molar-refractivity contribution in [1.29, 1.82) is 0 Å². The predicted molar refractivity (Wildman–Crippen MR) is 77.2 cm³/mol. The van der Waals surface area contributed by atoms with Gasteiger partial charge in [-0.3, -0.25) is 4.79 Å². The van der Waals surface area contributed by atoms with Crippen LogP contribution in [0, 0.1) is 17.8 Å². The fourth-order valence-corrected chi connectivity index (χ4v) is 3.32. The van der Waals surface area contributed by atoms with Gasteiger partial charge in [0.05, 0.1) is 0 Å². The summed E-state index contributed by atoms with van der Waals surface area (Å²) in [4.78, 5) is 12.9. The Morgan fingerprint density at radius 2 is 2.32 bits per heavy atom. The van der Waals surface area contributed by atoms with Crippen LogP contribution >= 0.6 is 11.3 Å². The van der Waals surface area contributed by atoms with E-state index in [-0.39, 0.29) is 18.6 Å². The van der Waals surface area contributed by atoms with Crippen molar-refractivity contribution < 1.29 is 9.90 Å². The lowest BCUT2D eigenvalue weighted by atomic mass is 10.00. The highest BCUT2D eigenvalue weighted by atomic mass is 32.1. The SMILES string of the molecule is CC(NC(=O)c1sccc1C#CCO)C1CCCC1. The zero-order valence-corrected chi connectivity index (χ0v) is 11.9.